The molecule has 0 radical (unpaired) electrons. The van der Waals surface area contributed by atoms with Gasteiger partial charge in [-0.3, -0.25) is 19.1 Å². The van der Waals surface area contributed by atoms with E-state index in [2.05, 4.69) is 20.3 Å². The van der Waals surface area contributed by atoms with Crippen LogP contribution in [-0.2, 0) is 5.54 Å². The number of aliphatic imine (C=N–C) groups is 1. The fourth-order valence-electron chi connectivity index (χ4n) is 3.62. The number of benzene rings is 1. The van der Waals surface area contributed by atoms with Crippen LogP contribution in [0.15, 0.2) is 41.7 Å². The average molecular weight is 482 g/mol. The molecule has 0 unspecified atom stereocenters. The van der Waals surface area contributed by atoms with Gasteiger partial charge in [0.1, 0.15) is 21.6 Å². The van der Waals surface area contributed by atoms with Crippen molar-refractivity contribution in [3.8, 4) is 0 Å². The molecule has 2 aromatic heterocycles. The minimum atomic E-state index is -3.30. The molecule has 0 fully saturated rings. The lowest BCUT2D eigenvalue weighted by Gasteiger charge is -2.53. The fraction of sp³-hybridized carbons (Fsp3) is 0.286. The first kappa shape index (κ1) is 22.7. The smallest absolute Gasteiger partial charge is 0.164 e. The summed E-state index contributed by atoms with van der Waals surface area (Å²) in [4.78, 5) is 12.9. The molecule has 1 atom stereocenters. The number of halogens is 3. The molecule has 0 bridgehead atoms. The van der Waals surface area contributed by atoms with Gasteiger partial charge in [0.25, 0.3) is 0 Å². The van der Waals surface area contributed by atoms with E-state index in [1.807, 2.05) is 0 Å². The van der Waals surface area contributed by atoms with Crippen LogP contribution in [0.25, 0.3) is 10.9 Å². The number of nitrogens with one attached hydrogen (secondary N) is 1. The van der Waals surface area contributed by atoms with Gasteiger partial charge in [0.15, 0.2) is 17.5 Å². The molecule has 11 heteroatoms. The van der Waals surface area contributed by atoms with Crippen molar-refractivity contribution in [2.45, 2.75) is 31.1 Å². The second-order valence-electron chi connectivity index (χ2n) is 8.42. The van der Waals surface area contributed by atoms with Gasteiger partial charge < -0.3 is 11.1 Å². The highest BCUT2D eigenvalue weighted by Crippen LogP contribution is 2.59. The van der Waals surface area contributed by atoms with Crippen LogP contribution in [0.2, 0.25) is 5.02 Å². The van der Waals surface area contributed by atoms with Crippen molar-refractivity contribution in [2.75, 3.05) is 11.1 Å². The van der Waals surface area contributed by atoms with Crippen molar-refractivity contribution in [1.82, 2.24) is 9.97 Å². The number of nitrogens with zero attached hydrogens (tertiary/aromatic N) is 3. The first-order valence-corrected chi connectivity index (χ1v) is 11.7. The van der Waals surface area contributed by atoms with Crippen molar-refractivity contribution in [1.29, 1.82) is 0 Å². The summed E-state index contributed by atoms with van der Waals surface area (Å²) in [7, 11) is -3.30. The average Bonchev–Trinajstić information content (AvgIpc) is 2.68. The zero-order valence-electron chi connectivity index (χ0n) is 17.5. The molecule has 170 valence electrons. The van der Waals surface area contributed by atoms with Crippen LogP contribution >= 0.6 is 22.2 Å². The lowest BCUT2D eigenvalue weighted by Crippen LogP contribution is -2.52. The molecule has 0 saturated heterocycles. The molecule has 3 heterocycles. The highest BCUT2D eigenvalue weighted by Gasteiger charge is 2.49. The van der Waals surface area contributed by atoms with Crippen molar-refractivity contribution in [3.63, 3.8) is 0 Å². The number of nitrogens with two attached hydrogens (primary N) is 1. The Labute approximate surface area is 190 Å². The standard InChI is InChI=1S/C21H22ClF2N5O2S/c1-20(2)19(25)29-21(3,10-32(20,30)31)14-7-13(8-15(23)16(14)24)28-18-17-11(4-5-26-18)6-12(22)9-27-17/h4-9,30-31H,10H2,1-3H3,(H2,25,29)(H,26,28)/t21-/m1/s1. The molecule has 32 heavy (non-hydrogen) atoms. The lowest BCUT2D eigenvalue weighted by atomic mass is 9.92. The molecule has 3 aromatic rings. The van der Waals surface area contributed by atoms with E-state index in [0.29, 0.717) is 21.7 Å². The van der Waals surface area contributed by atoms with Gasteiger partial charge in [-0.15, -0.1) is 0 Å². The Morgan fingerprint density at radius 1 is 1.16 bits per heavy atom. The number of fused-ring (bicyclic) bond motifs is 1. The van der Waals surface area contributed by atoms with Gasteiger partial charge in [-0.2, -0.15) is 10.6 Å². The van der Waals surface area contributed by atoms with Crippen LogP contribution in [0.3, 0.4) is 0 Å². The monoisotopic (exact) mass is 481 g/mol. The van der Waals surface area contributed by atoms with Crippen molar-refractivity contribution >= 4 is 50.4 Å². The molecule has 0 saturated carbocycles. The van der Waals surface area contributed by atoms with Gasteiger partial charge in [0.2, 0.25) is 0 Å². The Bertz CT molecular complexity index is 1270. The van der Waals surface area contributed by atoms with Crippen LogP contribution in [0.5, 0.6) is 0 Å². The van der Waals surface area contributed by atoms with E-state index in [1.165, 1.54) is 25.4 Å². The zero-order chi connectivity index (χ0) is 23.5. The van der Waals surface area contributed by atoms with Crippen LogP contribution in [-0.4, -0.2) is 35.4 Å². The summed E-state index contributed by atoms with van der Waals surface area (Å²) >= 11 is 5.99. The summed E-state index contributed by atoms with van der Waals surface area (Å²) in [5, 5.41) is 4.12. The maximum atomic E-state index is 14.9. The normalized spacial score (nSPS) is 22.9. The molecule has 1 aliphatic rings. The van der Waals surface area contributed by atoms with Crippen LogP contribution in [0, 0.1) is 11.6 Å². The molecule has 5 N–H and O–H groups in total. The Morgan fingerprint density at radius 2 is 1.88 bits per heavy atom. The minimum Gasteiger partial charge on any atom is -0.386 e. The van der Waals surface area contributed by atoms with Gasteiger partial charge in [-0.1, -0.05) is 11.6 Å². The third-order valence-corrected chi connectivity index (χ3v) is 8.74. The number of aromatic nitrogens is 2. The first-order valence-electron chi connectivity index (χ1n) is 9.62. The quantitative estimate of drug-likeness (QED) is 0.397. The molecule has 7 nitrogen and oxygen atoms in total. The van der Waals surface area contributed by atoms with E-state index in [0.717, 1.165) is 6.07 Å². The second kappa shape index (κ2) is 7.51. The maximum absolute atomic E-state index is 14.9. The van der Waals surface area contributed by atoms with E-state index in [9.17, 15) is 17.9 Å². The Hall–Kier alpha value is -2.53. The van der Waals surface area contributed by atoms with E-state index < -0.39 is 32.5 Å². The molecule has 1 aromatic carbocycles. The number of hydrogen-bond donors (Lipinski definition) is 4. The number of anilines is 2. The van der Waals surface area contributed by atoms with Crippen molar-refractivity contribution in [3.05, 3.63) is 58.9 Å². The number of hydrogen-bond acceptors (Lipinski definition) is 7. The summed E-state index contributed by atoms with van der Waals surface area (Å²) in [5.41, 5.74) is 5.05. The Morgan fingerprint density at radius 3 is 2.56 bits per heavy atom. The topological polar surface area (TPSA) is 117 Å². The zero-order valence-corrected chi connectivity index (χ0v) is 19.1. The van der Waals surface area contributed by atoms with Crippen LogP contribution in [0.1, 0.15) is 26.3 Å². The van der Waals surface area contributed by atoms with E-state index >= 15 is 0 Å². The highest BCUT2D eigenvalue weighted by molar-refractivity contribution is 8.26. The van der Waals surface area contributed by atoms with Crippen molar-refractivity contribution in [2.24, 2.45) is 10.7 Å². The summed E-state index contributed by atoms with van der Waals surface area (Å²) in [6.45, 7) is 4.60. The molecule has 1 aliphatic heterocycles. The van der Waals surface area contributed by atoms with Gasteiger partial charge >= 0.3 is 0 Å². The van der Waals surface area contributed by atoms with E-state index in [-0.39, 0.29) is 22.8 Å². The summed E-state index contributed by atoms with van der Waals surface area (Å²) < 4.78 is 49.7. The van der Waals surface area contributed by atoms with Gasteiger partial charge in [-0.05, 0) is 39.0 Å². The third-order valence-electron chi connectivity index (χ3n) is 5.72. The first-order chi connectivity index (χ1) is 14.8. The van der Waals surface area contributed by atoms with Crippen molar-refractivity contribution < 1.29 is 17.9 Å². The molecular weight excluding hydrogens is 460 g/mol. The molecular formula is C21H22ClF2N5O2S. The van der Waals surface area contributed by atoms with Gasteiger partial charge in [0, 0.05) is 35.1 Å². The SMILES string of the molecule is CC1(C)C(N)=N[C@@](C)(c2cc(Nc3nccc4cc(Cl)cnc34)cc(F)c2F)CS1(O)O. The van der Waals surface area contributed by atoms with Crippen LogP contribution < -0.4 is 11.1 Å². The van der Waals surface area contributed by atoms with Crippen LogP contribution in [0.4, 0.5) is 20.3 Å². The maximum Gasteiger partial charge on any atom is 0.164 e. The predicted molar refractivity (Wildman–Crippen MR) is 125 cm³/mol. The number of amidine groups is 1. The number of pyridine rings is 2. The predicted octanol–water partition coefficient (Wildman–Crippen LogP) is 5.42. The molecule has 0 spiro atoms. The molecule has 0 aliphatic carbocycles. The fourth-order valence-corrected chi connectivity index (χ4v) is 5.54. The lowest BCUT2D eigenvalue weighted by molar-refractivity contribution is 0.409. The molecule has 4 rings (SSSR count). The summed E-state index contributed by atoms with van der Waals surface area (Å²) in [6.07, 6.45) is 2.99. The highest BCUT2D eigenvalue weighted by atomic mass is 35.5. The van der Waals surface area contributed by atoms with Gasteiger partial charge in [0.05, 0.1) is 10.8 Å². The van der Waals surface area contributed by atoms with Gasteiger partial charge in [-0.25, -0.2) is 13.8 Å². The largest absolute Gasteiger partial charge is 0.386 e. The van der Waals surface area contributed by atoms with E-state index in [1.54, 1.807) is 26.0 Å². The second-order valence-corrected chi connectivity index (χ2v) is 11.5. The summed E-state index contributed by atoms with van der Waals surface area (Å²) in [6, 6.07) is 5.78. The third kappa shape index (κ3) is 3.66. The Balaban J connectivity index is 1.81. The van der Waals surface area contributed by atoms with E-state index in [4.69, 9.17) is 17.3 Å². The molecule has 0 amide bonds. The summed E-state index contributed by atoms with van der Waals surface area (Å²) in [5.74, 6) is -2.29. The Kier molecular flexibility index (Phi) is 5.32. The minimum absolute atomic E-state index is 0.0405. The number of rotatable bonds is 3.